The molecule has 0 aliphatic heterocycles. The zero-order chi connectivity index (χ0) is 7.23. The Hall–Kier alpha value is -1.53. The van der Waals surface area contributed by atoms with E-state index < -0.39 is 0 Å². The Bertz CT molecular complexity index is 228. The quantitative estimate of drug-likeness (QED) is 0.633. The molecular formula is C8H10N2O. The molecule has 3 N–H and O–H groups in total. The van der Waals surface area contributed by atoms with Gasteiger partial charge in [0.25, 0.3) is 0 Å². The summed E-state index contributed by atoms with van der Waals surface area (Å²) in [6.45, 7) is 0.365. The molecule has 0 saturated heterocycles. The van der Waals surface area contributed by atoms with Gasteiger partial charge in [-0.2, -0.15) is 5.26 Å². The molecule has 3 nitrogen and oxygen atoms in total. The van der Waals surface area contributed by atoms with Crippen LogP contribution in [-0.4, -0.2) is 12.0 Å². The van der Waals surface area contributed by atoms with Crippen LogP contribution >= 0.6 is 0 Å². The van der Waals surface area contributed by atoms with Crippen LogP contribution in [-0.2, 0) is 0 Å². The highest BCUT2D eigenvalue weighted by Gasteiger charge is 1.84. The molecule has 0 aromatic heterocycles. The van der Waals surface area contributed by atoms with Gasteiger partial charge in [-0.25, -0.2) is 0 Å². The Morgan fingerprint density at radius 1 is 1.27 bits per heavy atom. The smallest absolute Gasteiger partial charge is 0.103 e. The van der Waals surface area contributed by atoms with Crippen molar-refractivity contribution in [1.29, 1.82) is 5.26 Å². The zero-order valence-electron chi connectivity index (χ0n) is 6.04. The van der Waals surface area contributed by atoms with Gasteiger partial charge >= 0.3 is 0 Å². The van der Waals surface area contributed by atoms with E-state index in [-0.39, 0.29) is 5.48 Å². The lowest BCUT2D eigenvalue weighted by Gasteiger charge is -1.97. The predicted octanol–water partition coefficient (Wildman–Crippen LogP) is 0.797. The van der Waals surface area contributed by atoms with E-state index >= 15 is 0 Å². The van der Waals surface area contributed by atoms with Crippen molar-refractivity contribution in [3.8, 4) is 6.07 Å². The second kappa shape index (κ2) is 5.27. The lowest BCUT2D eigenvalue weighted by molar-refractivity contribution is 0.824. The molecule has 1 rings (SSSR count). The first kappa shape index (κ1) is 9.47. The minimum Gasteiger partial charge on any atom is -0.412 e. The second-order valence-electron chi connectivity index (χ2n) is 1.88. The molecule has 0 unspecified atom stereocenters. The van der Waals surface area contributed by atoms with Crippen LogP contribution in [0.1, 0.15) is 0 Å². The van der Waals surface area contributed by atoms with E-state index in [2.05, 4.69) is 5.32 Å². The van der Waals surface area contributed by atoms with Gasteiger partial charge < -0.3 is 10.8 Å². The summed E-state index contributed by atoms with van der Waals surface area (Å²) in [5, 5.41) is 11.1. The molecule has 58 valence electrons. The molecule has 0 heterocycles. The van der Waals surface area contributed by atoms with Crippen molar-refractivity contribution in [3.63, 3.8) is 0 Å². The summed E-state index contributed by atoms with van der Waals surface area (Å²) >= 11 is 0. The molecule has 0 radical (unpaired) electrons. The number of rotatable bonds is 2. The maximum atomic E-state index is 8.22. The molecule has 0 aliphatic carbocycles. The van der Waals surface area contributed by atoms with Crippen LogP contribution in [0.25, 0.3) is 0 Å². The van der Waals surface area contributed by atoms with E-state index in [0.717, 1.165) is 5.69 Å². The van der Waals surface area contributed by atoms with Crippen LogP contribution in [0.15, 0.2) is 30.3 Å². The molecule has 0 saturated carbocycles. The molecule has 0 atom stereocenters. The van der Waals surface area contributed by atoms with Crippen molar-refractivity contribution in [2.45, 2.75) is 0 Å². The Morgan fingerprint density at radius 2 is 1.91 bits per heavy atom. The van der Waals surface area contributed by atoms with Gasteiger partial charge in [-0.05, 0) is 12.1 Å². The molecule has 1 aromatic carbocycles. The van der Waals surface area contributed by atoms with E-state index in [1.807, 2.05) is 36.4 Å². The number of benzene rings is 1. The Kier molecular flexibility index (Phi) is 4.54. The van der Waals surface area contributed by atoms with Gasteiger partial charge in [-0.1, -0.05) is 18.2 Å². The number of nitrogens with one attached hydrogen (secondary N) is 1. The molecule has 0 bridgehead atoms. The van der Waals surface area contributed by atoms with Gasteiger partial charge in [0.1, 0.15) is 6.54 Å². The third-order valence-corrected chi connectivity index (χ3v) is 1.15. The average molecular weight is 150 g/mol. The van der Waals surface area contributed by atoms with Crippen LogP contribution in [0.5, 0.6) is 0 Å². The van der Waals surface area contributed by atoms with E-state index in [9.17, 15) is 0 Å². The highest BCUT2D eigenvalue weighted by Crippen LogP contribution is 2.02. The van der Waals surface area contributed by atoms with Crippen molar-refractivity contribution in [3.05, 3.63) is 30.3 Å². The maximum Gasteiger partial charge on any atom is 0.103 e. The van der Waals surface area contributed by atoms with Crippen molar-refractivity contribution in [2.75, 3.05) is 11.9 Å². The highest BCUT2D eigenvalue weighted by molar-refractivity contribution is 5.42. The molecule has 0 fully saturated rings. The van der Waals surface area contributed by atoms with Crippen molar-refractivity contribution < 1.29 is 5.48 Å². The first-order valence-electron chi connectivity index (χ1n) is 3.09. The lowest BCUT2D eigenvalue weighted by Crippen LogP contribution is -1.96. The first-order valence-corrected chi connectivity index (χ1v) is 3.09. The number of nitrogens with zero attached hydrogens (tertiary/aromatic N) is 1. The predicted molar refractivity (Wildman–Crippen MR) is 44.2 cm³/mol. The number of hydrogen-bond acceptors (Lipinski definition) is 2. The highest BCUT2D eigenvalue weighted by atomic mass is 16.0. The number of anilines is 1. The third kappa shape index (κ3) is 3.23. The van der Waals surface area contributed by atoms with Crippen LogP contribution in [0.3, 0.4) is 0 Å². The van der Waals surface area contributed by atoms with Gasteiger partial charge in [0.15, 0.2) is 0 Å². The van der Waals surface area contributed by atoms with E-state index in [1.165, 1.54) is 0 Å². The second-order valence-corrected chi connectivity index (χ2v) is 1.88. The number of para-hydroxylation sites is 1. The molecule has 0 spiro atoms. The molecule has 3 heteroatoms. The Labute approximate surface area is 65.6 Å². The summed E-state index contributed by atoms with van der Waals surface area (Å²) in [5.74, 6) is 0. The summed E-state index contributed by atoms with van der Waals surface area (Å²) in [4.78, 5) is 0. The fourth-order valence-corrected chi connectivity index (χ4v) is 0.698. The number of hydrogen-bond donors (Lipinski definition) is 1. The minimum absolute atomic E-state index is 0. The van der Waals surface area contributed by atoms with Crippen molar-refractivity contribution in [2.24, 2.45) is 0 Å². The Balaban J connectivity index is 0.000001000. The maximum absolute atomic E-state index is 8.22. The standard InChI is InChI=1S/C8H8N2.H2O/c9-6-7-10-8-4-2-1-3-5-8;/h1-5,10H,7H2;1H2. The normalized spacial score (nSPS) is 7.55. The van der Waals surface area contributed by atoms with Gasteiger partial charge in [0.05, 0.1) is 6.07 Å². The lowest BCUT2D eigenvalue weighted by atomic mass is 10.3. The van der Waals surface area contributed by atoms with E-state index in [1.54, 1.807) is 0 Å². The summed E-state index contributed by atoms with van der Waals surface area (Å²) in [7, 11) is 0. The fraction of sp³-hybridized carbons (Fsp3) is 0.125. The largest absolute Gasteiger partial charge is 0.412 e. The molecular weight excluding hydrogens is 140 g/mol. The summed E-state index contributed by atoms with van der Waals surface area (Å²) in [6.07, 6.45) is 0. The van der Waals surface area contributed by atoms with Gasteiger partial charge in [0, 0.05) is 5.69 Å². The average Bonchev–Trinajstić information content (AvgIpc) is 2.03. The molecule has 11 heavy (non-hydrogen) atoms. The van der Waals surface area contributed by atoms with Crippen LogP contribution in [0.4, 0.5) is 5.69 Å². The SMILES string of the molecule is N#CCNc1ccccc1.O. The molecule has 0 aliphatic rings. The number of nitriles is 1. The van der Waals surface area contributed by atoms with E-state index in [0.29, 0.717) is 6.54 Å². The minimum atomic E-state index is 0. The zero-order valence-corrected chi connectivity index (χ0v) is 6.04. The van der Waals surface area contributed by atoms with Crippen LogP contribution in [0.2, 0.25) is 0 Å². The summed E-state index contributed by atoms with van der Waals surface area (Å²) in [5.41, 5.74) is 0.990. The van der Waals surface area contributed by atoms with Gasteiger partial charge in [-0.3, -0.25) is 0 Å². The first-order chi connectivity index (χ1) is 4.93. The third-order valence-electron chi connectivity index (χ3n) is 1.15. The summed E-state index contributed by atoms with van der Waals surface area (Å²) in [6, 6.07) is 11.7. The summed E-state index contributed by atoms with van der Waals surface area (Å²) < 4.78 is 0. The van der Waals surface area contributed by atoms with Crippen molar-refractivity contribution in [1.82, 2.24) is 0 Å². The van der Waals surface area contributed by atoms with Gasteiger partial charge in [-0.15, -0.1) is 0 Å². The molecule has 0 amide bonds. The topological polar surface area (TPSA) is 67.3 Å². The van der Waals surface area contributed by atoms with E-state index in [4.69, 9.17) is 5.26 Å². The van der Waals surface area contributed by atoms with Gasteiger partial charge in [0.2, 0.25) is 0 Å². The monoisotopic (exact) mass is 150 g/mol. The van der Waals surface area contributed by atoms with Crippen LogP contribution in [0, 0.1) is 11.3 Å². The molecule has 1 aromatic rings. The van der Waals surface area contributed by atoms with Crippen molar-refractivity contribution >= 4 is 5.69 Å². The van der Waals surface area contributed by atoms with Crippen LogP contribution < -0.4 is 5.32 Å². The Morgan fingerprint density at radius 3 is 2.45 bits per heavy atom. The fourth-order valence-electron chi connectivity index (χ4n) is 0.698.